The highest BCUT2D eigenvalue weighted by Gasteiger charge is 2.39. The van der Waals surface area contributed by atoms with Crippen LogP contribution in [-0.2, 0) is 19.1 Å². The summed E-state index contributed by atoms with van der Waals surface area (Å²) in [5.74, 6) is 0.0851. The molecule has 1 aromatic carbocycles. The number of carbonyl (C=O) groups excluding carboxylic acids is 3. The van der Waals surface area contributed by atoms with E-state index >= 15 is 0 Å². The summed E-state index contributed by atoms with van der Waals surface area (Å²) < 4.78 is 21.5. The van der Waals surface area contributed by atoms with Crippen molar-refractivity contribution in [2.75, 3.05) is 53.6 Å². The average molecular weight is 504 g/mol. The molecule has 198 valence electrons. The third kappa shape index (κ3) is 5.92. The predicted octanol–water partition coefficient (Wildman–Crippen LogP) is 2.88. The van der Waals surface area contributed by atoms with Crippen molar-refractivity contribution in [3.8, 4) is 11.5 Å². The highest BCUT2D eigenvalue weighted by molar-refractivity contribution is 5.95. The minimum absolute atomic E-state index is 0.197. The largest absolute Gasteiger partial charge is 0.493 e. The average Bonchev–Trinajstić information content (AvgIpc) is 2.88. The lowest BCUT2D eigenvalue weighted by Gasteiger charge is -2.39. The van der Waals surface area contributed by atoms with Crippen molar-refractivity contribution in [2.24, 2.45) is 5.92 Å². The molecule has 1 saturated heterocycles. The van der Waals surface area contributed by atoms with Crippen LogP contribution in [0.25, 0.3) is 0 Å². The Morgan fingerprint density at radius 1 is 1.06 bits per heavy atom. The number of carbonyl (C=O) groups is 3. The summed E-state index contributed by atoms with van der Waals surface area (Å²) in [6.07, 6.45) is 1.58. The van der Waals surface area contributed by atoms with Crippen LogP contribution >= 0.6 is 0 Å². The van der Waals surface area contributed by atoms with Crippen LogP contribution in [0, 0.1) is 5.92 Å². The van der Waals surface area contributed by atoms with Crippen molar-refractivity contribution in [3.63, 3.8) is 0 Å². The van der Waals surface area contributed by atoms with Gasteiger partial charge >= 0.3 is 18.0 Å². The minimum atomic E-state index is -0.736. The molecular weight excluding hydrogens is 466 g/mol. The molecule has 2 aliphatic heterocycles. The van der Waals surface area contributed by atoms with Crippen molar-refractivity contribution < 1.29 is 33.3 Å². The number of nitrogens with zero attached hydrogens (tertiary/aromatic N) is 2. The first-order valence-electron chi connectivity index (χ1n) is 12.5. The Morgan fingerprint density at radius 2 is 1.78 bits per heavy atom. The van der Waals surface area contributed by atoms with Crippen LogP contribution in [0.5, 0.6) is 11.5 Å². The number of hydrogen-bond donors (Lipinski definition) is 1. The Morgan fingerprint density at radius 3 is 2.42 bits per heavy atom. The van der Waals surface area contributed by atoms with Gasteiger partial charge < -0.3 is 24.3 Å². The number of nitrogens with one attached hydrogen (secondary N) is 1. The Labute approximate surface area is 212 Å². The second kappa shape index (κ2) is 12.6. The normalized spacial score (nSPS) is 20.6. The first-order valence-corrected chi connectivity index (χ1v) is 12.5. The lowest BCUT2D eigenvalue weighted by molar-refractivity contribution is -0.150. The molecule has 0 saturated carbocycles. The quantitative estimate of drug-likeness (QED) is 0.486. The molecule has 2 heterocycles. The van der Waals surface area contributed by atoms with Crippen molar-refractivity contribution in [1.82, 2.24) is 15.1 Å². The van der Waals surface area contributed by atoms with E-state index in [1.54, 1.807) is 44.1 Å². The van der Waals surface area contributed by atoms with Gasteiger partial charge in [-0.1, -0.05) is 6.07 Å². The topological polar surface area (TPSA) is 107 Å². The molecule has 2 aliphatic rings. The number of benzene rings is 1. The molecule has 3 rings (SSSR count). The minimum Gasteiger partial charge on any atom is -0.493 e. The number of likely N-dealkylation sites (N-methyl/N-ethyl adjacent to an activating group) is 1. The summed E-state index contributed by atoms with van der Waals surface area (Å²) in [6, 6.07) is 4.24. The fourth-order valence-corrected chi connectivity index (χ4v) is 4.80. The summed E-state index contributed by atoms with van der Waals surface area (Å²) in [4.78, 5) is 42.6. The number of hydrogen-bond acceptors (Lipinski definition) is 8. The van der Waals surface area contributed by atoms with Gasteiger partial charge in [-0.2, -0.15) is 0 Å². The Kier molecular flexibility index (Phi) is 9.58. The summed E-state index contributed by atoms with van der Waals surface area (Å²) >= 11 is 0. The van der Waals surface area contributed by atoms with Gasteiger partial charge in [-0.25, -0.2) is 9.59 Å². The molecule has 10 nitrogen and oxygen atoms in total. The first kappa shape index (κ1) is 27.3. The van der Waals surface area contributed by atoms with Crippen LogP contribution < -0.4 is 14.8 Å². The van der Waals surface area contributed by atoms with Gasteiger partial charge in [0.25, 0.3) is 0 Å². The maximum Gasteiger partial charge on any atom is 0.338 e. The van der Waals surface area contributed by atoms with Crippen molar-refractivity contribution in [2.45, 2.75) is 39.7 Å². The Bertz CT molecular complexity index is 994. The molecule has 0 radical (unpaired) electrons. The monoisotopic (exact) mass is 503 g/mol. The molecule has 2 atom stereocenters. The van der Waals surface area contributed by atoms with Gasteiger partial charge in [-0.05, 0) is 57.9 Å². The van der Waals surface area contributed by atoms with E-state index < -0.39 is 12.0 Å². The number of piperidine rings is 1. The second-order valence-electron chi connectivity index (χ2n) is 8.65. The predicted molar refractivity (Wildman–Crippen MR) is 133 cm³/mol. The van der Waals surface area contributed by atoms with Crippen LogP contribution in [-0.4, -0.2) is 81.4 Å². The van der Waals surface area contributed by atoms with Crippen molar-refractivity contribution in [1.29, 1.82) is 0 Å². The fraction of sp³-hybridized carbons (Fsp3) is 0.577. The summed E-state index contributed by atoms with van der Waals surface area (Å²) in [5, 5.41) is 2.96. The summed E-state index contributed by atoms with van der Waals surface area (Å²) in [7, 11) is 3.08. The number of urea groups is 1. The standard InChI is InChI=1S/C26H37N3O7/c1-6-29-19(16-28-13-9-10-18(15-28)24(30)35-7-2)22(25(31)36-8-3)23(27-26(29)32)17-11-12-20(33-4)21(14-17)34-5/h11-12,14,18,23H,6-10,13,15-16H2,1-5H3,(H,27,32). The van der Waals surface area contributed by atoms with Gasteiger partial charge in [0.1, 0.15) is 0 Å². The fourth-order valence-electron chi connectivity index (χ4n) is 4.80. The molecule has 1 N–H and O–H groups in total. The highest BCUT2D eigenvalue weighted by Crippen LogP contribution is 2.36. The number of amides is 2. The van der Waals surface area contributed by atoms with Gasteiger partial charge in [0.2, 0.25) is 0 Å². The Balaban J connectivity index is 2.05. The number of esters is 2. The van der Waals surface area contributed by atoms with E-state index in [1.807, 2.05) is 6.92 Å². The second-order valence-corrected chi connectivity index (χ2v) is 8.65. The lowest BCUT2D eigenvalue weighted by Crippen LogP contribution is -2.51. The van der Waals surface area contributed by atoms with Gasteiger partial charge in [0, 0.05) is 25.3 Å². The van der Waals surface area contributed by atoms with Crippen LogP contribution in [0.3, 0.4) is 0 Å². The molecule has 2 unspecified atom stereocenters. The number of rotatable bonds is 10. The number of likely N-dealkylation sites (tertiary alicyclic amines) is 1. The third-order valence-electron chi connectivity index (χ3n) is 6.49. The summed E-state index contributed by atoms with van der Waals surface area (Å²) in [6.45, 7) is 7.88. The number of ether oxygens (including phenoxy) is 4. The molecule has 0 aliphatic carbocycles. The molecule has 36 heavy (non-hydrogen) atoms. The lowest BCUT2D eigenvalue weighted by atomic mass is 9.93. The molecule has 0 aromatic heterocycles. The van der Waals surface area contributed by atoms with Crippen LogP contribution in [0.1, 0.15) is 45.2 Å². The SMILES string of the molecule is CCOC(=O)C1=C(CN2CCCC(C(=O)OCC)C2)N(CC)C(=O)NC1c1ccc(OC)c(OC)c1. The van der Waals surface area contributed by atoms with E-state index in [4.69, 9.17) is 18.9 Å². The molecule has 0 spiro atoms. The van der Waals surface area contributed by atoms with Crippen LogP contribution in [0.2, 0.25) is 0 Å². The number of methoxy groups -OCH3 is 2. The molecule has 1 aromatic rings. The molecule has 0 bridgehead atoms. The maximum atomic E-state index is 13.3. The van der Waals surface area contributed by atoms with Gasteiger partial charge in [0.15, 0.2) is 11.5 Å². The van der Waals surface area contributed by atoms with Gasteiger partial charge in [-0.3, -0.25) is 14.6 Å². The third-order valence-corrected chi connectivity index (χ3v) is 6.49. The van der Waals surface area contributed by atoms with Gasteiger partial charge in [0.05, 0.1) is 45.0 Å². The smallest absolute Gasteiger partial charge is 0.338 e. The van der Waals surface area contributed by atoms with E-state index in [0.29, 0.717) is 54.6 Å². The zero-order chi connectivity index (χ0) is 26.2. The van der Waals surface area contributed by atoms with Crippen LogP contribution in [0.15, 0.2) is 29.5 Å². The van der Waals surface area contributed by atoms with E-state index in [1.165, 1.54) is 7.11 Å². The zero-order valence-electron chi connectivity index (χ0n) is 21.8. The summed E-state index contributed by atoms with van der Waals surface area (Å²) in [5.41, 5.74) is 1.60. The van der Waals surface area contributed by atoms with E-state index in [-0.39, 0.29) is 24.5 Å². The van der Waals surface area contributed by atoms with Gasteiger partial charge in [-0.15, -0.1) is 0 Å². The molecular formula is C26H37N3O7. The zero-order valence-corrected chi connectivity index (χ0v) is 21.8. The van der Waals surface area contributed by atoms with E-state index in [9.17, 15) is 14.4 Å². The van der Waals surface area contributed by atoms with Crippen molar-refractivity contribution >= 4 is 18.0 Å². The van der Waals surface area contributed by atoms with E-state index in [0.717, 1.165) is 19.4 Å². The first-order chi connectivity index (χ1) is 17.4. The molecule has 10 heteroatoms. The molecule has 1 fully saturated rings. The maximum absolute atomic E-state index is 13.3. The van der Waals surface area contributed by atoms with E-state index in [2.05, 4.69) is 10.2 Å². The van der Waals surface area contributed by atoms with Crippen molar-refractivity contribution in [3.05, 3.63) is 35.0 Å². The van der Waals surface area contributed by atoms with Crippen LogP contribution in [0.4, 0.5) is 4.79 Å². The Hall–Kier alpha value is -3.27. The molecule has 2 amide bonds. The highest BCUT2D eigenvalue weighted by atomic mass is 16.5.